The Morgan fingerprint density at radius 3 is 2.52 bits per heavy atom. The van der Waals surface area contributed by atoms with E-state index in [0.717, 1.165) is 48.6 Å². The third-order valence-electron chi connectivity index (χ3n) is 8.71. The number of β-amino-alcohol motifs (C(OH)–C–C–N with tert-alkyl or cyclic N) is 1. The molecule has 9 nitrogen and oxygen atoms in total. The minimum Gasteiger partial charge on any atom is -0.493 e. The molecule has 9 heteroatoms. The molecule has 2 aliphatic rings. The maximum atomic E-state index is 13.3. The summed E-state index contributed by atoms with van der Waals surface area (Å²) in [5.41, 5.74) is 2.92. The number of aliphatic hydroxyl groups is 1. The standard InChI is InChI=1S/C31H47N5O4.C2H6/c1-6-36-27(9-13-33-36)24-7-8-25(29(17-24)40-16-12-23-10-14-34(5)15-11-23)19-32-30(38)28-18-26(37)20-35(28)31(39)22(4)21(2)3;1-2/h7-9,13,17,21-23,26,28,37H,6,10-12,14-16,18-20H2,1-5H3,(H,32,38);1-2H3. The highest BCUT2D eigenvalue weighted by atomic mass is 16.5. The Morgan fingerprint density at radius 2 is 1.86 bits per heavy atom. The van der Waals surface area contributed by atoms with Gasteiger partial charge >= 0.3 is 0 Å². The summed E-state index contributed by atoms with van der Waals surface area (Å²) >= 11 is 0. The highest BCUT2D eigenvalue weighted by Gasteiger charge is 2.40. The number of likely N-dealkylation sites (tertiary alicyclic amines) is 2. The first-order valence-electron chi connectivity index (χ1n) is 15.9. The fourth-order valence-electron chi connectivity index (χ4n) is 5.66. The zero-order valence-corrected chi connectivity index (χ0v) is 26.8. The number of hydrogen-bond acceptors (Lipinski definition) is 6. The molecule has 2 fully saturated rings. The van der Waals surface area contributed by atoms with Crippen molar-refractivity contribution in [1.82, 2.24) is 24.9 Å². The van der Waals surface area contributed by atoms with Crippen LogP contribution in [-0.2, 0) is 22.7 Å². The average molecular weight is 584 g/mol. The van der Waals surface area contributed by atoms with E-state index in [4.69, 9.17) is 4.74 Å². The molecule has 4 rings (SSSR count). The van der Waals surface area contributed by atoms with Gasteiger partial charge in [-0.3, -0.25) is 14.3 Å². The summed E-state index contributed by atoms with van der Waals surface area (Å²) < 4.78 is 8.32. The summed E-state index contributed by atoms with van der Waals surface area (Å²) in [6, 6.07) is 7.40. The van der Waals surface area contributed by atoms with Gasteiger partial charge in [-0.25, -0.2) is 0 Å². The number of aryl methyl sites for hydroxylation is 1. The van der Waals surface area contributed by atoms with Crippen molar-refractivity contribution in [1.29, 1.82) is 0 Å². The number of hydrogen-bond donors (Lipinski definition) is 2. The van der Waals surface area contributed by atoms with Gasteiger partial charge in [0, 0.05) is 49.3 Å². The summed E-state index contributed by atoms with van der Waals surface area (Å²) in [6.07, 6.45) is 4.74. The van der Waals surface area contributed by atoms with E-state index in [1.165, 1.54) is 12.8 Å². The quantitative estimate of drug-likeness (QED) is 0.402. The van der Waals surface area contributed by atoms with Gasteiger partial charge in [-0.2, -0.15) is 5.10 Å². The van der Waals surface area contributed by atoms with Crippen LogP contribution in [0.3, 0.4) is 0 Å². The molecule has 0 saturated carbocycles. The second-order valence-electron chi connectivity index (χ2n) is 11.9. The number of carbonyl (C=O) groups is 2. The van der Waals surface area contributed by atoms with Crippen molar-refractivity contribution in [2.75, 3.05) is 33.3 Å². The smallest absolute Gasteiger partial charge is 0.243 e. The predicted molar refractivity (Wildman–Crippen MR) is 167 cm³/mol. The second-order valence-corrected chi connectivity index (χ2v) is 11.9. The molecule has 2 N–H and O–H groups in total. The lowest BCUT2D eigenvalue weighted by atomic mass is 9.94. The fraction of sp³-hybridized carbons (Fsp3) is 0.667. The van der Waals surface area contributed by atoms with Gasteiger partial charge in [0.25, 0.3) is 0 Å². The number of aromatic nitrogens is 2. The average Bonchev–Trinajstić information content (AvgIpc) is 3.64. The van der Waals surface area contributed by atoms with Crippen LogP contribution in [0.5, 0.6) is 5.75 Å². The van der Waals surface area contributed by atoms with E-state index >= 15 is 0 Å². The van der Waals surface area contributed by atoms with Crippen LogP contribution in [0, 0.1) is 17.8 Å². The van der Waals surface area contributed by atoms with E-state index in [1.54, 1.807) is 11.1 Å². The van der Waals surface area contributed by atoms with Gasteiger partial charge in [-0.15, -0.1) is 0 Å². The second kappa shape index (κ2) is 16.1. The van der Waals surface area contributed by atoms with Crippen molar-refractivity contribution in [2.45, 2.75) is 92.5 Å². The van der Waals surface area contributed by atoms with Crippen LogP contribution in [0.2, 0.25) is 0 Å². The number of rotatable bonds is 11. The molecule has 1 aromatic carbocycles. The molecule has 2 aromatic rings. The van der Waals surface area contributed by atoms with Crippen molar-refractivity contribution in [3.8, 4) is 17.0 Å². The summed E-state index contributed by atoms with van der Waals surface area (Å²) in [5, 5.41) is 17.7. The van der Waals surface area contributed by atoms with Crippen LogP contribution in [0.15, 0.2) is 30.5 Å². The summed E-state index contributed by atoms with van der Waals surface area (Å²) in [7, 11) is 2.17. The van der Waals surface area contributed by atoms with Crippen LogP contribution in [0.25, 0.3) is 11.3 Å². The van der Waals surface area contributed by atoms with Gasteiger partial charge in [0.15, 0.2) is 0 Å². The van der Waals surface area contributed by atoms with Crippen molar-refractivity contribution in [2.24, 2.45) is 17.8 Å². The van der Waals surface area contributed by atoms with Gasteiger partial charge in [-0.1, -0.05) is 46.8 Å². The van der Waals surface area contributed by atoms with E-state index in [0.29, 0.717) is 12.5 Å². The summed E-state index contributed by atoms with van der Waals surface area (Å²) in [5.74, 6) is 1.03. The van der Waals surface area contributed by atoms with Gasteiger partial charge in [-0.05, 0) is 70.3 Å². The Balaban J connectivity index is 0.00000237. The molecule has 1 aromatic heterocycles. The summed E-state index contributed by atoms with van der Waals surface area (Å²) in [6.45, 7) is 16.1. The molecule has 3 heterocycles. The Morgan fingerprint density at radius 1 is 1.14 bits per heavy atom. The summed E-state index contributed by atoms with van der Waals surface area (Å²) in [4.78, 5) is 30.3. The lowest BCUT2D eigenvalue weighted by Gasteiger charge is -2.29. The molecule has 2 aliphatic heterocycles. The molecule has 2 amide bonds. The molecular formula is C33H53N5O4. The van der Waals surface area contributed by atoms with Crippen LogP contribution in [0.4, 0.5) is 0 Å². The Hall–Kier alpha value is -2.91. The number of nitrogens with zero attached hydrogens (tertiary/aromatic N) is 4. The number of piperidine rings is 1. The molecule has 0 radical (unpaired) electrons. The third kappa shape index (κ3) is 8.57. The first-order valence-corrected chi connectivity index (χ1v) is 15.9. The Bertz CT molecular complexity index is 1140. The van der Waals surface area contributed by atoms with Crippen molar-refractivity contribution in [3.63, 3.8) is 0 Å². The number of aliphatic hydroxyl groups excluding tert-OH is 1. The molecule has 0 aliphatic carbocycles. The largest absolute Gasteiger partial charge is 0.493 e. The molecule has 2 saturated heterocycles. The van der Waals surface area contributed by atoms with Crippen LogP contribution in [-0.4, -0.2) is 81.9 Å². The number of carbonyl (C=O) groups excluding carboxylic acids is 2. The normalized spacial score (nSPS) is 20.3. The minimum absolute atomic E-state index is 0.0819. The van der Waals surface area contributed by atoms with Crippen molar-refractivity contribution >= 4 is 11.8 Å². The predicted octanol–water partition coefficient (Wildman–Crippen LogP) is 4.58. The number of amides is 2. The molecule has 3 atom stereocenters. The lowest BCUT2D eigenvalue weighted by molar-refractivity contribution is -0.142. The Labute approximate surface area is 252 Å². The number of ether oxygens (including phenoxy) is 1. The van der Waals surface area contributed by atoms with Crippen molar-refractivity contribution < 1.29 is 19.4 Å². The monoisotopic (exact) mass is 583 g/mol. The van der Waals surface area contributed by atoms with E-state index in [-0.39, 0.29) is 43.2 Å². The number of nitrogens with one attached hydrogen (secondary N) is 1. The van der Waals surface area contributed by atoms with Crippen molar-refractivity contribution in [3.05, 3.63) is 36.0 Å². The maximum absolute atomic E-state index is 13.3. The molecule has 42 heavy (non-hydrogen) atoms. The molecule has 0 bridgehead atoms. The van der Waals surface area contributed by atoms with Gasteiger partial charge < -0.3 is 25.0 Å². The molecule has 234 valence electrons. The van der Waals surface area contributed by atoms with Gasteiger partial charge in [0.1, 0.15) is 11.8 Å². The van der Waals surface area contributed by atoms with Gasteiger partial charge in [0.2, 0.25) is 11.8 Å². The van der Waals surface area contributed by atoms with Crippen LogP contribution < -0.4 is 10.1 Å². The minimum atomic E-state index is -0.694. The van der Waals surface area contributed by atoms with Crippen LogP contribution >= 0.6 is 0 Å². The third-order valence-corrected chi connectivity index (χ3v) is 8.71. The van der Waals surface area contributed by atoms with E-state index in [9.17, 15) is 14.7 Å². The van der Waals surface area contributed by atoms with E-state index in [2.05, 4.69) is 29.3 Å². The SMILES string of the molecule is CC.CCn1nccc1-c1ccc(CNC(=O)C2CC(O)CN2C(=O)C(C)C(C)C)c(OCCC2CCN(C)CC2)c1. The topological polar surface area (TPSA) is 99.9 Å². The first kappa shape index (κ1) is 33.6. The van der Waals surface area contributed by atoms with Crippen LogP contribution in [0.1, 0.15) is 72.8 Å². The molecular weight excluding hydrogens is 530 g/mol. The van der Waals surface area contributed by atoms with E-state index < -0.39 is 12.1 Å². The maximum Gasteiger partial charge on any atom is 0.243 e. The Kier molecular flexibility index (Phi) is 12.9. The van der Waals surface area contributed by atoms with Gasteiger partial charge in [0.05, 0.1) is 18.4 Å². The zero-order valence-electron chi connectivity index (χ0n) is 26.8. The fourth-order valence-corrected chi connectivity index (χ4v) is 5.66. The number of benzene rings is 1. The van der Waals surface area contributed by atoms with E-state index in [1.807, 2.05) is 63.6 Å². The highest BCUT2D eigenvalue weighted by molar-refractivity contribution is 5.89. The lowest BCUT2D eigenvalue weighted by Crippen LogP contribution is -2.48. The highest BCUT2D eigenvalue weighted by Crippen LogP contribution is 2.29. The molecule has 0 spiro atoms. The first-order chi connectivity index (χ1) is 20.2. The molecule has 3 unspecified atom stereocenters. The zero-order chi connectivity index (χ0) is 30.8.